The standard InChI is InChI=1S/C18H23F3N2O.ClH/c1-13(15-5-3-4-6-16(15)18(19,20)21)11-17(24)23-9-7-14(8-10-23)12-22-2;/h3-6,11,14,22H,7-10,12H2,1-2H3;1H/b13-11+;. The van der Waals surface area contributed by atoms with E-state index in [4.69, 9.17) is 0 Å². The molecular weight excluding hydrogens is 353 g/mol. The predicted molar refractivity (Wildman–Crippen MR) is 95.6 cm³/mol. The molecule has 0 aliphatic carbocycles. The van der Waals surface area contributed by atoms with Crippen LogP contribution in [-0.2, 0) is 11.0 Å². The summed E-state index contributed by atoms with van der Waals surface area (Å²) < 4.78 is 39.3. The van der Waals surface area contributed by atoms with Crippen molar-refractivity contribution in [1.29, 1.82) is 0 Å². The number of amides is 1. The lowest BCUT2D eigenvalue weighted by Gasteiger charge is -2.31. The highest BCUT2D eigenvalue weighted by Crippen LogP contribution is 2.34. The summed E-state index contributed by atoms with van der Waals surface area (Å²) in [5.41, 5.74) is -0.312. The second kappa shape index (κ2) is 9.25. The molecule has 1 aliphatic heterocycles. The van der Waals surface area contributed by atoms with Crippen molar-refractivity contribution < 1.29 is 18.0 Å². The van der Waals surface area contributed by atoms with E-state index in [0.29, 0.717) is 24.6 Å². The zero-order chi connectivity index (χ0) is 17.7. The van der Waals surface area contributed by atoms with Crippen molar-refractivity contribution >= 4 is 23.9 Å². The molecule has 1 aromatic carbocycles. The Morgan fingerprint density at radius 2 is 1.88 bits per heavy atom. The molecule has 7 heteroatoms. The van der Waals surface area contributed by atoms with Crippen LogP contribution in [0.2, 0.25) is 0 Å². The van der Waals surface area contributed by atoms with Crippen LogP contribution in [0.25, 0.3) is 5.57 Å². The lowest BCUT2D eigenvalue weighted by Crippen LogP contribution is -2.39. The maximum Gasteiger partial charge on any atom is 0.416 e. The first-order chi connectivity index (χ1) is 11.3. The lowest BCUT2D eigenvalue weighted by atomic mass is 9.96. The average Bonchev–Trinajstić information content (AvgIpc) is 2.55. The normalized spacial score (nSPS) is 16.5. The molecule has 1 fully saturated rings. The number of hydrogen-bond acceptors (Lipinski definition) is 2. The molecule has 0 unspecified atom stereocenters. The van der Waals surface area contributed by atoms with Gasteiger partial charge in [0.1, 0.15) is 0 Å². The maximum absolute atomic E-state index is 13.1. The second-order valence-corrected chi connectivity index (χ2v) is 6.20. The van der Waals surface area contributed by atoms with E-state index in [2.05, 4.69) is 5.32 Å². The number of benzene rings is 1. The van der Waals surface area contributed by atoms with Crippen molar-refractivity contribution in [3.05, 3.63) is 41.5 Å². The number of halogens is 4. The number of rotatable bonds is 4. The molecule has 0 spiro atoms. The SMILES string of the molecule is CNCC1CCN(C(=O)/C=C(\C)c2ccccc2C(F)(F)F)CC1.Cl. The molecule has 0 atom stereocenters. The molecule has 0 saturated carbocycles. The summed E-state index contributed by atoms with van der Waals surface area (Å²) in [4.78, 5) is 14.1. The first kappa shape index (κ1) is 21.5. The Hall–Kier alpha value is -1.53. The third-order valence-electron chi connectivity index (χ3n) is 4.42. The summed E-state index contributed by atoms with van der Waals surface area (Å²) in [6, 6.07) is 5.35. The Labute approximate surface area is 152 Å². The van der Waals surface area contributed by atoms with E-state index in [1.807, 2.05) is 7.05 Å². The highest BCUT2D eigenvalue weighted by atomic mass is 35.5. The molecule has 1 aromatic rings. The predicted octanol–water partition coefficient (Wildman–Crippen LogP) is 3.99. The van der Waals surface area contributed by atoms with Crippen LogP contribution in [0.15, 0.2) is 30.3 Å². The molecule has 25 heavy (non-hydrogen) atoms. The van der Waals surface area contributed by atoms with E-state index in [9.17, 15) is 18.0 Å². The molecule has 1 amide bonds. The highest BCUT2D eigenvalue weighted by molar-refractivity contribution is 5.95. The number of likely N-dealkylation sites (tertiary alicyclic amines) is 1. The molecule has 1 aliphatic rings. The second-order valence-electron chi connectivity index (χ2n) is 6.20. The number of carbonyl (C=O) groups excluding carboxylic acids is 1. The van der Waals surface area contributed by atoms with Gasteiger partial charge in [0, 0.05) is 19.2 Å². The van der Waals surface area contributed by atoms with Crippen LogP contribution in [0.4, 0.5) is 13.2 Å². The van der Waals surface area contributed by atoms with Crippen molar-refractivity contribution in [2.45, 2.75) is 25.9 Å². The van der Waals surface area contributed by atoms with Gasteiger partial charge in [-0.1, -0.05) is 18.2 Å². The van der Waals surface area contributed by atoms with Crippen LogP contribution in [0, 0.1) is 5.92 Å². The number of alkyl halides is 3. The van der Waals surface area contributed by atoms with Crippen molar-refractivity contribution in [1.82, 2.24) is 10.2 Å². The Balaban J connectivity index is 0.00000312. The largest absolute Gasteiger partial charge is 0.416 e. The quantitative estimate of drug-likeness (QED) is 0.806. The molecule has 0 bridgehead atoms. The van der Waals surface area contributed by atoms with E-state index < -0.39 is 11.7 Å². The Morgan fingerprint density at radius 3 is 2.44 bits per heavy atom. The van der Waals surface area contributed by atoms with Crippen LogP contribution >= 0.6 is 12.4 Å². The minimum absolute atomic E-state index is 0. The van der Waals surface area contributed by atoms with Crippen LogP contribution < -0.4 is 5.32 Å². The molecule has 140 valence electrons. The van der Waals surface area contributed by atoms with Crippen molar-refractivity contribution in [3.63, 3.8) is 0 Å². The Bertz CT molecular complexity index is 609. The molecule has 1 saturated heterocycles. The highest BCUT2D eigenvalue weighted by Gasteiger charge is 2.33. The van der Waals surface area contributed by atoms with Crippen molar-refractivity contribution in [2.24, 2.45) is 5.92 Å². The maximum atomic E-state index is 13.1. The van der Waals surface area contributed by atoms with Gasteiger partial charge in [-0.05, 0) is 56.5 Å². The number of allylic oxidation sites excluding steroid dienone is 1. The fraction of sp³-hybridized carbons (Fsp3) is 0.500. The summed E-state index contributed by atoms with van der Waals surface area (Å²) >= 11 is 0. The Morgan fingerprint density at radius 1 is 1.28 bits per heavy atom. The van der Waals surface area contributed by atoms with E-state index in [1.165, 1.54) is 18.2 Å². The third kappa shape index (κ3) is 5.75. The van der Waals surface area contributed by atoms with Gasteiger partial charge in [0.05, 0.1) is 5.56 Å². The van der Waals surface area contributed by atoms with Gasteiger partial charge >= 0.3 is 6.18 Å². The average molecular weight is 377 g/mol. The van der Waals surface area contributed by atoms with Gasteiger partial charge < -0.3 is 10.2 Å². The van der Waals surface area contributed by atoms with Gasteiger partial charge in [-0.25, -0.2) is 0 Å². The fourth-order valence-electron chi connectivity index (χ4n) is 3.07. The first-order valence-corrected chi connectivity index (χ1v) is 8.11. The zero-order valence-corrected chi connectivity index (χ0v) is 15.2. The number of hydrogen-bond donors (Lipinski definition) is 1. The van der Waals surface area contributed by atoms with Gasteiger partial charge in [0.25, 0.3) is 0 Å². The monoisotopic (exact) mass is 376 g/mol. The van der Waals surface area contributed by atoms with Gasteiger partial charge in [0.15, 0.2) is 0 Å². The fourth-order valence-corrected chi connectivity index (χ4v) is 3.07. The summed E-state index contributed by atoms with van der Waals surface area (Å²) in [5, 5.41) is 3.13. The molecule has 0 aromatic heterocycles. The first-order valence-electron chi connectivity index (χ1n) is 8.11. The number of carbonyl (C=O) groups is 1. The Kier molecular flexibility index (Phi) is 7.96. The van der Waals surface area contributed by atoms with Crippen molar-refractivity contribution in [2.75, 3.05) is 26.7 Å². The minimum Gasteiger partial charge on any atom is -0.339 e. The molecule has 0 radical (unpaired) electrons. The van der Waals surface area contributed by atoms with Crippen LogP contribution in [-0.4, -0.2) is 37.5 Å². The molecule has 3 nitrogen and oxygen atoms in total. The molecule has 1 N–H and O–H groups in total. The molecule has 2 rings (SSSR count). The minimum atomic E-state index is -4.43. The third-order valence-corrected chi connectivity index (χ3v) is 4.42. The zero-order valence-electron chi connectivity index (χ0n) is 14.4. The number of nitrogens with one attached hydrogen (secondary N) is 1. The summed E-state index contributed by atoms with van der Waals surface area (Å²) in [6.07, 6.45) is -1.28. The van der Waals surface area contributed by atoms with Gasteiger partial charge in [0.2, 0.25) is 5.91 Å². The van der Waals surface area contributed by atoms with Crippen LogP contribution in [0.3, 0.4) is 0 Å². The van der Waals surface area contributed by atoms with E-state index in [1.54, 1.807) is 17.9 Å². The van der Waals surface area contributed by atoms with Gasteiger partial charge in [-0.2, -0.15) is 13.2 Å². The summed E-state index contributed by atoms with van der Waals surface area (Å²) in [7, 11) is 1.90. The van der Waals surface area contributed by atoms with E-state index in [-0.39, 0.29) is 23.9 Å². The van der Waals surface area contributed by atoms with E-state index in [0.717, 1.165) is 25.5 Å². The van der Waals surface area contributed by atoms with Crippen molar-refractivity contribution in [3.8, 4) is 0 Å². The summed E-state index contributed by atoms with van der Waals surface area (Å²) in [5.74, 6) is 0.336. The molecule has 1 heterocycles. The molecular formula is C18H24ClF3N2O. The van der Waals surface area contributed by atoms with E-state index >= 15 is 0 Å². The van der Waals surface area contributed by atoms with Crippen LogP contribution in [0.1, 0.15) is 30.9 Å². The van der Waals surface area contributed by atoms with Gasteiger partial charge in [-0.15, -0.1) is 12.4 Å². The number of nitrogens with zero attached hydrogens (tertiary/aromatic N) is 1. The lowest BCUT2D eigenvalue weighted by molar-refractivity contribution is -0.137. The van der Waals surface area contributed by atoms with Gasteiger partial charge in [-0.3, -0.25) is 4.79 Å². The number of piperidine rings is 1. The topological polar surface area (TPSA) is 32.3 Å². The summed E-state index contributed by atoms with van der Waals surface area (Å²) in [6.45, 7) is 3.78. The van der Waals surface area contributed by atoms with Crippen LogP contribution in [0.5, 0.6) is 0 Å². The smallest absolute Gasteiger partial charge is 0.339 e.